The predicted molar refractivity (Wildman–Crippen MR) is 144 cm³/mol. The Morgan fingerprint density at radius 1 is 1.24 bits per heavy atom. The van der Waals surface area contributed by atoms with Crippen LogP contribution >= 0.6 is 0 Å². The highest BCUT2D eigenvalue weighted by atomic mass is 19.1. The van der Waals surface area contributed by atoms with Gasteiger partial charge in [0.2, 0.25) is 11.9 Å². The summed E-state index contributed by atoms with van der Waals surface area (Å²) in [5.74, 6) is 0.172. The highest BCUT2D eigenvalue weighted by molar-refractivity contribution is 6.02. The maximum atomic E-state index is 14.0. The van der Waals surface area contributed by atoms with Crippen LogP contribution in [0.4, 0.5) is 27.4 Å². The third kappa shape index (κ3) is 5.54. The van der Waals surface area contributed by atoms with E-state index in [2.05, 4.69) is 20.6 Å². The zero-order chi connectivity index (χ0) is 26.5. The Kier molecular flexibility index (Phi) is 7.69. The number of fused-ring (bicyclic) bond motifs is 1. The van der Waals surface area contributed by atoms with Gasteiger partial charge in [0.15, 0.2) is 0 Å². The summed E-state index contributed by atoms with van der Waals surface area (Å²) in [4.78, 5) is 23.2. The summed E-state index contributed by atoms with van der Waals surface area (Å²) in [5, 5.41) is 16.2. The second-order valence-electron chi connectivity index (χ2n) is 8.41. The lowest BCUT2D eigenvalue weighted by atomic mass is 10.1. The quantitative estimate of drug-likeness (QED) is 0.289. The van der Waals surface area contributed by atoms with Crippen LogP contribution in [0.25, 0.3) is 22.2 Å². The highest BCUT2D eigenvalue weighted by Gasteiger charge is 2.17. The number of methoxy groups -OCH3 is 1. The molecule has 3 N–H and O–H groups in total. The van der Waals surface area contributed by atoms with E-state index in [1.165, 1.54) is 25.3 Å². The van der Waals surface area contributed by atoms with Gasteiger partial charge in [0.25, 0.3) is 0 Å². The maximum absolute atomic E-state index is 14.0. The molecule has 0 unspecified atom stereocenters. The Morgan fingerprint density at radius 2 is 2.05 bits per heavy atom. The van der Waals surface area contributed by atoms with Crippen LogP contribution in [0.15, 0.2) is 60.9 Å². The largest absolute Gasteiger partial charge is 0.494 e. The van der Waals surface area contributed by atoms with Crippen LogP contribution in [0.5, 0.6) is 5.75 Å². The number of aliphatic hydroxyl groups excluding tert-OH is 1. The molecule has 0 spiro atoms. The minimum atomic E-state index is -0.323. The molecule has 0 aliphatic rings. The Hall–Kier alpha value is -4.44. The van der Waals surface area contributed by atoms with E-state index in [0.717, 1.165) is 16.5 Å². The molecular formula is C27H29FN6O3. The van der Waals surface area contributed by atoms with Crippen molar-refractivity contribution in [2.45, 2.75) is 6.92 Å². The second-order valence-corrected chi connectivity index (χ2v) is 8.41. The van der Waals surface area contributed by atoms with Crippen molar-refractivity contribution in [2.24, 2.45) is 7.05 Å². The number of hydrogen-bond acceptors (Lipinski definition) is 7. The average molecular weight is 505 g/mol. The Bertz CT molecular complexity index is 1470. The molecule has 0 saturated heterocycles. The zero-order valence-corrected chi connectivity index (χ0v) is 21.1. The molecule has 0 bridgehead atoms. The topological polar surface area (TPSA) is 105 Å². The number of halogens is 1. The van der Waals surface area contributed by atoms with Crippen LogP contribution in [-0.2, 0) is 11.8 Å². The molecule has 0 aliphatic carbocycles. The predicted octanol–water partition coefficient (Wildman–Crippen LogP) is 4.47. The van der Waals surface area contributed by atoms with Gasteiger partial charge in [0, 0.05) is 55.6 Å². The molecule has 10 heteroatoms. The third-order valence-electron chi connectivity index (χ3n) is 5.87. The van der Waals surface area contributed by atoms with E-state index in [9.17, 15) is 14.3 Å². The normalized spacial score (nSPS) is 11.2. The summed E-state index contributed by atoms with van der Waals surface area (Å²) in [6, 6.07) is 9.91. The fourth-order valence-electron chi connectivity index (χ4n) is 4.11. The van der Waals surface area contributed by atoms with Crippen LogP contribution in [0.1, 0.15) is 6.92 Å². The SMILES string of the molecule is C/C=C/C(=O)Nc1cc(Nc2nccc(-c3cn(C)c4ccc(F)cc34)n2)c(OC)cc1N(C)CCO. The molecule has 0 saturated carbocycles. The van der Waals surface area contributed by atoms with Crippen molar-refractivity contribution in [3.8, 4) is 17.0 Å². The van der Waals surface area contributed by atoms with E-state index >= 15 is 0 Å². The number of aliphatic hydroxyl groups is 1. The number of amides is 1. The molecule has 192 valence electrons. The van der Waals surface area contributed by atoms with E-state index in [1.807, 2.05) is 29.8 Å². The fourth-order valence-corrected chi connectivity index (χ4v) is 4.11. The van der Waals surface area contributed by atoms with Crippen molar-refractivity contribution < 1.29 is 19.0 Å². The minimum Gasteiger partial charge on any atom is -0.494 e. The van der Waals surface area contributed by atoms with Crippen molar-refractivity contribution >= 4 is 39.8 Å². The fraction of sp³-hybridized carbons (Fsp3) is 0.222. The van der Waals surface area contributed by atoms with Crippen LogP contribution < -0.4 is 20.3 Å². The van der Waals surface area contributed by atoms with E-state index in [4.69, 9.17) is 4.74 Å². The number of allylic oxidation sites excluding steroid dienone is 1. The molecule has 2 heterocycles. The first-order valence-electron chi connectivity index (χ1n) is 11.7. The number of carbonyl (C=O) groups is 1. The summed E-state index contributed by atoms with van der Waals surface area (Å²) in [5.41, 5.74) is 3.99. The molecule has 1 amide bonds. The lowest BCUT2D eigenvalue weighted by molar-refractivity contribution is -0.111. The van der Waals surface area contributed by atoms with Gasteiger partial charge in [0.05, 0.1) is 36.5 Å². The first kappa shape index (κ1) is 25.6. The molecule has 0 radical (unpaired) electrons. The van der Waals surface area contributed by atoms with E-state index < -0.39 is 0 Å². The first-order chi connectivity index (χ1) is 17.8. The average Bonchev–Trinajstić information content (AvgIpc) is 3.20. The number of carbonyl (C=O) groups excluding carboxylic acids is 1. The number of hydrogen-bond donors (Lipinski definition) is 3. The van der Waals surface area contributed by atoms with Crippen molar-refractivity contribution in [2.75, 3.05) is 42.8 Å². The molecule has 37 heavy (non-hydrogen) atoms. The van der Waals surface area contributed by atoms with Gasteiger partial charge in [0.1, 0.15) is 11.6 Å². The number of aryl methyl sites for hydroxylation is 1. The van der Waals surface area contributed by atoms with Gasteiger partial charge in [-0.25, -0.2) is 14.4 Å². The minimum absolute atomic E-state index is 0.0558. The zero-order valence-electron chi connectivity index (χ0n) is 21.1. The lowest BCUT2D eigenvalue weighted by Crippen LogP contribution is -2.23. The van der Waals surface area contributed by atoms with Crippen LogP contribution in [0.2, 0.25) is 0 Å². The Balaban J connectivity index is 1.74. The number of ether oxygens (including phenoxy) is 1. The lowest BCUT2D eigenvalue weighted by Gasteiger charge is -2.24. The van der Waals surface area contributed by atoms with Crippen molar-refractivity contribution in [3.05, 3.63) is 66.8 Å². The summed E-state index contributed by atoms with van der Waals surface area (Å²) >= 11 is 0. The summed E-state index contributed by atoms with van der Waals surface area (Å²) in [6.45, 7) is 2.06. The van der Waals surface area contributed by atoms with Crippen molar-refractivity contribution in [1.82, 2.24) is 14.5 Å². The van der Waals surface area contributed by atoms with Gasteiger partial charge < -0.3 is 29.9 Å². The number of aromatic nitrogens is 3. The first-order valence-corrected chi connectivity index (χ1v) is 11.7. The number of benzene rings is 2. The molecule has 4 rings (SSSR count). The third-order valence-corrected chi connectivity index (χ3v) is 5.87. The van der Waals surface area contributed by atoms with Gasteiger partial charge in [-0.2, -0.15) is 0 Å². The maximum Gasteiger partial charge on any atom is 0.248 e. The molecule has 4 aromatic rings. The molecule has 0 fully saturated rings. The summed E-state index contributed by atoms with van der Waals surface area (Å²) in [6.07, 6.45) is 6.59. The number of likely N-dealkylation sites (N-methyl/N-ethyl adjacent to an activating group) is 1. The van der Waals surface area contributed by atoms with Gasteiger partial charge in [-0.15, -0.1) is 0 Å². The van der Waals surface area contributed by atoms with Crippen molar-refractivity contribution in [1.29, 1.82) is 0 Å². The smallest absolute Gasteiger partial charge is 0.248 e. The highest BCUT2D eigenvalue weighted by Crippen LogP contribution is 2.38. The molecule has 2 aromatic carbocycles. The molecule has 9 nitrogen and oxygen atoms in total. The van der Waals surface area contributed by atoms with E-state index in [1.54, 1.807) is 43.5 Å². The van der Waals surface area contributed by atoms with Gasteiger partial charge >= 0.3 is 0 Å². The van der Waals surface area contributed by atoms with Crippen molar-refractivity contribution in [3.63, 3.8) is 0 Å². The van der Waals surface area contributed by atoms with Gasteiger partial charge in [-0.05, 0) is 43.3 Å². The summed E-state index contributed by atoms with van der Waals surface area (Å²) in [7, 11) is 5.24. The number of nitrogens with one attached hydrogen (secondary N) is 2. The molecule has 2 aromatic heterocycles. The standard InChI is InChI=1S/C27H29FN6O3/c1-5-6-26(36)30-21-14-22(25(37-4)15-24(21)33(2)11-12-35)32-27-29-10-9-20(31-27)19-16-34(3)23-8-7-17(28)13-18(19)23/h5-10,13-16,35H,11-12H2,1-4H3,(H,30,36)(H,29,31,32)/b6-5+. The number of anilines is 4. The second kappa shape index (κ2) is 11.1. The molecular weight excluding hydrogens is 475 g/mol. The summed E-state index contributed by atoms with van der Waals surface area (Å²) < 4.78 is 21.5. The Labute approximate surface area is 214 Å². The van der Waals surface area contributed by atoms with Crippen LogP contribution in [0, 0.1) is 5.82 Å². The van der Waals surface area contributed by atoms with Gasteiger partial charge in [-0.3, -0.25) is 4.79 Å². The monoisotopic (exact) mass is 504 g/mol. The molecule has 0 aliphatic heterocycles. The van der Waals surface area contributed by atoms with E-state index in [-0.39, 0.29) is 18.3 Å². The number of nitrogens with zero attached hydrogens (tertiary/aromatic N) is 4. The molecule has 0 atom stereocenters. The number of rotatable bonds is 9. The van der Waals surface area contributed by atoms with Crippen LogP contribution in [0.3, 0.4) is 0 Å². The van der Waals surface area contributed by atoms with E-state index in [0.29, 0.717) is 41.0 Å². The Morgan fingerprint density at radius 3 is 2.78 bits per heavy atom. The van der Waals surface area contributed by atoms with Gasteiger partial charge in [-0.1, -0.05) is 6.08 Å². The van der Waals surface area contributed by atoms with Crippen LogP contribution in [-0.4, -0.2) is 52.9 Å².